The summed E-state index contributed by atoms with van der Waals surface area (Å²) in [7, 11) is 0. The molecule has 0 saturated heterocycles. The van der Waals surface area contributed by atoms with E-state index >= 15 is 0 Å². The second-order valence-electron chi connectivity index (χ2n) is 2.12. The molecule has 1 aromatic rings. The van der Waals surface area contributed by atoms with E-state index in [1.807, 2.05) is 0 Å². The van der Waals surface area contributed by atoms with Crippen LogP contribution in [0.3, 0.4) is 0 Å². The molecule has 11 heavy (non-hydrogen) atoms. The van der Waals surface area contributed by atoms with Crippen molar-refractivity contribution >= 4 is 20.7 Å². The molecule has 0 aliphatic heterocycles. The first-order valence-corrected chi connectivity index (χ1v) is 3.50. The van der Waals surface area contributed by atoms with Crippen molar-refractivity contribution in [2.45, 2.75) is 6.18 Å². The number of rotatable bonds is 0. The summed E-state index contributed by atoms with van der Waals surface area (Å²) in [6.07, 6.45) is -4.22. The summed E-state index contributed by atoms with van der Waals surface area (Å²) >= 11 is 2.33. The summed E-state index contributed by atoms with van der Waals surface area (Å²) in [6, 6.07) is 4.94. The average molecular weight is 172 g/mol. The maximum absolute atomic E-state index is 11.9. The van der Waals surface area contributed by atoms with Crippen LogP contribution in [0.15, 0.2) is 24.3 Å². The van der Waals surface area contributed by atoms with Gasteiger partial charge in [-0.25, -0.2) is 0 Å². The van der Waals surface area contributed by atoms with Crippen molar-refractivity contribution in [1.29, 1.82) is 0 Å². The van der Waals surface area contributed by atoms with E-state index in [4.69, 9.17) is 0 Å². The summed E-state index contributed by atoms with van der Waals surface area (Å²) in [4.78, 5) is 0. The Morgan fingerprint density at radius 3 is 1.82 bits per heavy atom. The third-order valence-electron chi connectivity index (χ3n) is 1.24. The molecule has 1 aromatic carbocycles. The van der Waals surface area contributed by atoms with Crippen molar-refractivity contribution < 1.29 is 13.2 Å². The molecule has 0 aliphatic carbocycles. The van der Waals surface area contributed by atoms with Gasteiger partial charge in [-0.2, -0.15) is 0 Å². The molecule has 0 aliphatic rings. The minimum atomic E-state index is -4.22. The molecule has 0 aromatic heterocycles. The number of benzene rings is 1. The number of halogens is 3. The number of hydrogen-bond acceptors (Lipinski definition) is 0. The standard InChI is InChI=1S/C7H4F3.Al/c8-7(9,10)6-4-2-1-3-5-6;/h2-5H;/q;+2. The first kappa shape index (κ1) is 8.64. The summed E-state index contributed by atoms with van der Waals surface area (Å²) in [5.74, 6) is 0. The molecule has 0 nitrogen and oxygen atoms in total. The van der Waals surface area contributed by atoms with Crippen LogP contribution in [-0.2, 0) is 6.18 Å². The van der Waals surface area contributed by atoms with E-state index in [0.717, 1.165) is 16.6 Å². The fraction of sp³-hybridized carbons (Fsp3) is 0.143. The van der Waals surface area contributed by atoms with Gasteiger partial charge in [0.2, 0.25) is 0 Å². The molecule has 0 fully saturated rings. The average Bonchev–Trinajstić information content (AvgIpc) is 1.86. The third kappa shape index (κ3) is 2.25. The van der Waals surface area contributed by atoms with Gasteiger partial charge < -0.3 is 0 Å². The van der Waals surface area contributed by atoms with E-state index in [1.54, 1.807) is 0 Å². The van der Waals surface area contributed by atoms with Gasteiger partial charge in [-0.15, -0.1) is 0 Å². The van der Waals surface area contributed by atoms with Gasteiger partial charge in [0.15, 0.2) is 0 Å². The van der Waals surface area contributed by atoms with Crippen molar-refractivity contribution in [3.8, 4) is 0 Å². The quantitative estimate of drug-likeness (QED) is 0.520. The number of alkyl halides is 3. The van der Waals surface area contributed by atoms with E-state index in [2.05, 4.69) is 16.3 Å². The fourth-order valence-corrected chi connectivity index (χ4v) is 0.865. The van der Waals surface area contributed by atoms with Crippen LogP contribution < -0.4 is 4.43 Å². The van der Waals surface area contributed by atoms with Gasteiger partial charge in [0.1, 0.15) is 0 Å². The molecular weight excluding hydrogens is 168 g/mol. The van der Waals surface area contributed by atoms with Crippen molar-refractivity contribution in [2.75, 3.05) is 0 Å². The van der Waals surface area contributed by atoms with Crippen LogP contribution in [0.2, 0.25) is 0 Å². The van der Waals surface area contributed by atoms with Gasteiger partial charge in [-0.3, -0.25) is 0 Å². The third-order valence-corrected chi connectivity index (χ3v) is 1.62. The molecule has 0 N–H and O–H groups in total. The molecule has 54 valence electrons. The molecule has 0 radical (unpaired) electrons. The van der Waals surface area contributed by atoms with E-state index in [0.29, 0.717) is 0 Å². The van der Waals surface area contributed by atoms with Gasteiger partial charge in [0.05, 0.1) is 0 Å². The molecule has 0 atom stereocenters. The Morgan fingerprint density at radius 2 is 1.45 bits per heavy atom. The molecule has 0 bridgehead atoms. The van der Waals surface area contributed by atoms with Crippen molar-refractivity contribution in [3.05, 3.63) is 29.8 Å². The van der Waals surface area contributed by atoms with Crippen molar-refractivity contribution in [2.24, 2.45) is 0 Å². The first-order chi connectivity index (χ1) is 5.00. The SMILES string of the molecule is FC(F)(F)c1cc[c]([Al+2])cc1. The Balaban J connectivity index is 2.99. The van der Waals surface area contributed by atoms with Crippen LogP contribution in [0.1, 0.15) is 5.56 Å². The van der Waals surface area contributed by atoms with Crippen LogP contribution in [-0.4, -0.2) is 16.3 Å². The van der Waals surface area contributed by atoms with E-state index < -0.39 is 11.7 Å². The van der Waals surface area contributed by atoms with Gasteiger partial charge in [-0.05, 0) is 0 Å². The fourth-order valence-electron chi connectivity index (χ4n) is 0.672. The second-order valence-corrected chi connectivity index (χ2v) is 2.79. The molecule has 1 rings (SSSR count). The zero-order chi connectivity index (χ0) is 8.48. The normalized spacial score (nSPS) is 11.7. The van der Waals surface area contributed by atoms with Crippen molar-refractivity contribution in [3.63, 3.8) is 0 Å². The van der Waals surface area contributed by atoms with Crippen LogP contribution >= 0.6 is 0 Å². The Labute approximate surface area is 70.5 Å². The Kier molecular flexibility index (Phi) is 2.26. The van der Waals surface area contributed by atoms with Crippen LogP contribution in [0.25, 0.3) is 0 Å². The van der Waals surface area contributed by atoms with E-state index in [1.165, 1.54) is 12.1 Å². The predicted molar refractivity (Wildman–Crippen MR) is 36.8 cm³/mol. The topological polar surface area (TPSA) is 0 Å². The zero-order valence-corrected chi connectivity index (χ0v) is 6.68. The summed E-state index contributed by atoms with van der Waals surface area (Å²) in [5.41, 5.74) is -0.608. The van der Waals surface area contributed by atoms with Crippen molar-refractivity contribution in [1.82, 2.24) is 0 Å². The minimum absolute atomic E-state index is 0.608. The first-order valence-electron chi connectivity index (χ1n) is 2.93. The Hall–Kier alpha value is -0.458. The van der Waals surface area contributed by atoms with Gasteiger partial charge in [0.25, 0.3) is 0 Å². The Bertz CT molecular complexity index is 237. The van der Waals surface area contributed by atoms with E-state index in [9.17, 15) is 13.2 Å². The summed E-state index contributed by atoms with van der Waals surface area (Å²) in [5, 5.41) is 0. The van der Waals surface area contributed by atoms with Gasteiger partial charge >= 0.3 is 69.9 Å². The molecule has 0 unspecified atom stereocenters. The Morgan fingerprint density at radius 1 is 1.00 bits per heavy atom. The van der Waals surface area contributed by atoms with E-state index in [-0.39, 0.29) is 0 Å². The van der Waals surface area contributed by atoms with Crippen LogP contribution in [0, 0.1) is 0 Å². The maximum atomic E-state index is 11.9. The molecular formula is C7H4AlF3+2. The molecule has 4 heteroatoms. The zero-order valence-electron chi connectivity index (χ0n) is 5.52. The molecule has 0 amide bonds. The van der Waals surface area contributed by atoms with Gasteiger partial charge in [-0.1, -0.05) is 0 Å². The van der Waals surface area contributed by atoms with Gasteiger partial charge in [0, 0.05) is 0 Å². The monoisotopic (exact) mass is 172 g/mol. The van der Waals surface area contributed by atoms with Crippen LogP contribution in [0.4, 0.5) is 13.2 Å². The summed E-state index contributed by atoms with van der Waals surface area (Å²) < 4.78 is 36.5. The molecule has 0 heterocycles. The summed E-state index contributed by atoms with van der Waals surface area (Å²) in [6.45, 7) is 0. The molecule has 0 saturated carbocycles. The molecule has 0 spiro atoms. The number of hydrogen-bond donors (Lipinski definition) is 0. The predicted octanol–water partition coefficient (Wildman–Crippen LogP) is 1.50. The van der Waals surface area contributed by atoms with Crippen LogP contribution in [0.5, 0.6) is 0 Å². The second kappa shape index (κ2) is 2.88.